The summed E-state index contributed by atoms with van der Waals surface area (Å²) in [6, 6.07) is 7.85. The molecule has 2 N–H and O–H groups in total. The number of hydrogen-bond acceptors (Lipinski definition) is 3. The molecule has 0 atom stereocenters. The van der Waals surface area contributed by atoms with Crippen LogP contribution in [0.25, 0.3) is 0 Å². The molecule has 0 saturated carbocycles. The lowest BCUT2D eigenvalue weighted by Gasteiger charge is -2.09. The summed E-state index contributed by atoms with van der Waals surface area (Å²) in [5, 5.41) is 11.7. The van der Waals surface area contributed by atoms with Gasteiger partial charge in [-0.2, -0.15) is 0 Å². The summed E-state index contributed by atoms with van der Waals surface area (Å²) in [7, 11) is 3.15. The Hall–Kier alpha value is -2.76. The van der Waals surface area contributed by atoms with E-state index in [9.17, 15) is 9.59 Å². The highest BCUT2D eigenvalue weighted by atomic mass is 16.5. The van der Waals surface area contributed by atoms with Crippen molar-refractivity contribution in [2.24, 2.45) is 7.05 Å². The number of anilines is 1. The van der Waals surface area contributed by atoms with E-state index < -0.39 is 5.97 Å². The first-order chi connectivity index (χ1) is 9.52. The van der Waals surface area contributed by atoms with E-state index >= 15 is 0 Å². The van der Waals surface area contributed by atoms with E-state index in [1.165, 1.54) is 25.3 Å². The molecule has 1 amide bonds. The van der Waals surface area contributed by atoms with Gasteiger partial charge in [0.25, 0.3) is 5.91 Å². The zero-order valence-electron chi connectivity index (χ0n) is 11.1. The molecule has 0 aliphatic carbocycles. The molecule has 20 heavy (non-hydrogen) atoms. The number of methoxy groups -OCH3 is 1. The number of nitrogens with zero attached hydrogens (tertiary/aromatic N) is 1. The molecule has 0 unspecified atom stereocenters. The van der Waals surface area contributed by atoms with Crippen LogP contribution in [0.1, 0.15) is 20.8 Å². The molecule has 0 aliphatic rings. The van der Waals surface area contributed by atoms with E-state index in [2.05, 4.69) is 5.32 Å². The summed E-state index contributed by atoms with van der Waals surface area (Å²) in [6.07, 6.45) is 1.77. The van der Waals surface area contributed by atoms with Gasteiger partial charge >= 0.3 is 5.97 Å². The van der Waals surface area contributed by atoms with Gasteiger partial charge in [-0.15, -0.1) is 0 Å². The van der Waals surface area contributed by atoms with Crippen molar-refractivity contribution in [2.75, 3.05) is 12.4 Å². The molecule has 1 aromatic heterocycles. The van der Waals surface area contributed by atoms with E-state index in [-0.39, 0.29) is 17.2 Å². The Bertz CT molecular complexity index is 661. The maximum Gasteiger partial charge on any atom is 0.339 e. The molecule has 1 heterocycles. The Morgan fingerprint density at radius 1 is 1.30 bits per heavy atom. The molecule has 0 spiro atoms. The normalized spacial score (nSPS) is 10.1. The third-order valence-corrected chi connectivity index (χ3v) is 2.87. The lowest BCUT2D eigenvalue weighted by Crippen LogP contribution is -2.15. The maximum atomic E-state index is 12.0. The zero-order chi connectivity index (χ0) is 14.7. The third-order valence-electron chi connectivity index (χ3n) is 2.87. The first-order valence-corrected chi connectivity index (χ1v) is 5.87. The van der Waals surface area contributed by atoms with E-state index in [0.29, 0.717) is 11.4 Å². The number of aryl methyl sites for hydroxylation is 1. The Labute approximate surface area is 115 Å². The number of benzene rings is 1. The molecule has 2 rings (SSSR count). The van der Waals surface area contributed by atoms with Crippen LogP contribution in [0.2, 0.25) is 0 Å². The second-order valence-electron chi connectivity index (χ2n) is 4.18. The van der Waals surface area contributed by atoms with Gasteiger partial charge < -0.3 is 19.7 Å². The fourth-order valence-corrected chi connectivity index (χ4v) is 1.84. The van der Waals surface area contributed by atoms with Gasteiger partial charge in [0.15, 0.2) is 0 Å². The van der Waals surface area contributed by atoms with Gasteiger partial charge in [0.1, 0.15) is 17.0 Å². The summed E-state index contributed by atoms with van der Waals surface area (Å²) < 4.78 is 6.70. The average Bonchev–Trinajstić information content (AvgIpc) is 2.84. The van der Waals surface area contributed by atoms with E-state index in [0.717, 1.165) is 0 Å². The van der Waals surface area contributed by atoms with Crippen molar-refractivity contribution in [1.82, 2.24) is 4.57 Å². The molecule has 6 nitrogen and oxygen atoms in total. The molecule has 0 fully saturated rings. The fraction of sp³-hybridized carbons (Fsp3) is 0.143. The monoisotopic (exact) mass is 274 g/mol. The van der Waals surface area contributed by atoms with Crippen molar-refractivity contribution < 1.29 is 19.4 Å². The largest absolute Gasteiger partial charge is 0.496 e. The Balaban J connectivity index is 2.24. The van der Waals surface area contributed by atoms with Gasteiger partial charge in [0, 0.05) is 25.0 Å². The zero-order valence-corrected chi connectivity index (χ0v) is 11.1. The maximum absolute atomic E-state index is 12.0. The first-order valence-electron chi connectivity index (χ1n) is 5.87. The average molecular weight is 274 g/mol. The predicted octanol–water partition coefficient (Wildman–Crippen LogP) is 1.98. The molecule has 6 heteroatoms. The number of aromatic nitrogens is 1. The number of nitrogens with one attached hydrogen (secondary N) is 1. The van der Waals surface area contributed by atoms with Gasteiger partial charge in [-0.25, -0.2) is 4.79 Å². The van der Waals surface area contributed by atoms with Crippen LogP contribution in [-0.4, -0.2) is 28.7 Å². The molecule has 1 aromatic carbocycles. The van der Waals surface area contributed by atoms with E-state index in [1.807, 2.05) is 0 Å². The number of rotatable bonds is 4. The molecule has 0 saturated heterocycles. The highest BCUT2D eigenvalue weighted by molar-refractivity contribution is 6.03. The van der Waals surface area contributed by atoms with Gasteiger partial charge in [0.2, 0.25) is 0 Å². The number of hydrogen-bond donors (Lipinski definition) is 2. The van der Waals surface area contributed by atoms with Gasteiger partial charge in [-0.1, -0.05) is 0 Å². The molecule has 0 radical (unpaired) electrons. The smallest absolute Gasteiger partial charge is 0.339 e. The minimum Gasteiger partial charge on any atom is -0.496 e. The van der Waals surface area contributed by atoms with Crippen LogP contribution in [0, 0.1) is 0 Å². The number of ether oxygens (including phenoxy) is 1. The SMILES string of the molecule is COc1cc(NC(=O)c2cccn2C)ccc1C(=O)O. The second kappa shape index (κ2) is 5.48. The quantitative estimate of drug-likeness (QED) is 0.893. The highest BCUT2D eigenvalue weighted by Gasteiger charge is 2.13. The van der Waals surface area contributed by atoms with Gasteiger partial charge in [-0.05, 0) is 24.3 Å². The second-order valence-corrected chi connectivity index (χ2v) is 4.18. The predicted molar refractivity (Wildman–Crippen MR) is 73.3 cm³/mol. The van der Waals surface area contributed by atoms with Crippen LogP contribution in [0.15, 0.2) is 36.5 Å². The number of carbonyl (C=O) groups is 2. The summed E-state index contributed by atoms with van der Waals surface area (Å²) in [6.45, 7) is 0. The molecule has 2 aromatic rings. The van der Waals surface area contributed by atoms with Gasteiger partial charge in [0.05, 0.1) is 7.11 Å². The van der Waals surface area contributed by atoms with Gasteiger partial charge in [-0.3, -0.25) is 4.79 Å². The highest BCUT2D eigenvalue weighted by Crippen LogP contribution is 2.23. The van der Waals surface area contributed by atoms with Crippen LogP contribution in [0.5, 0.6) is 5.75 Å². The van der Waals surface area contributed by atoms with Crippen molar-refractivity contribution in [1.29, 1.82) is 0 Å². The third kappa shape index (κ3) is 2.64. The van der Waals surface area contributed by atoms with Crippen LogP contribution in [0.4, 0.5) is 5.69 Å². The molecule has 0 aliphatic heterocycles. The number of carboxylic acids is 1. The topological polar surface area (TPSA) is 80.6 Å². The Kier molecular flexibility index (Phi) is 3.74. The Morgan fingerprint density at radius 3 is 2.60 bits per heavy atom. The van der Waals surface area contributed by atoms with Crippen molar-refractivity contribution in [3.05, 3.63) is 47.8 Å². The van der Waals surface area contributed by atoms with E-state index in [4.69, 9.17) is 9.84 Å². The van der Waals surface area contributed by atoms with Crippen LogP contribution >= 0.6 is 0 Å². The molecule has 104 valence electrons. The summed E-state index contributed by atoms with van der Waals surface area (Å²) in [4.78, 5) is 23.0. The number of carboxylic acid groups (broad SMARTS) is 1. The fourth-order valence-electron chi connectivity index (χ4n) is 1.84. The lowest BCUT2D eigenvalue weighted by atomic mass is 10.2. The summed E-state index contributed by atoms with van der Waals surface area (Å²) in [5.74, 6) is -1.16. The first kappa shape index (κ1) is 13.7. The Morgan fingerprint density at radius 2 is 2.05 bits per heavy atom. The van der Waals surface area contributed by atoms with E-state index in [1.54, 1.807) is 29.9 Å². The van der Waals surface area contributed by atoms with Crippen molar-refractivity contribution in [3.63, 3.8) is 0 Å². The lowest BCUT2D eigenvalue weighted by molar-refractivity contribution is 0.0693. The summed E-state index contributed by atoms with van der Waals surface area (Å²) in [5.41, 5.74) is 1.02. The minimum atomic E-state index is -1.08. The molecular weight excluding hydrogens is 260 g/mol. The van der Waals surface area contributed by atoms with Crippen LogP contribution in [0.3, 0.4) is 0 Å². The van der Waals surface area contributed by atoms with Crippen LogP contribution in [-0.2, 0) is 7.05 Å². The summed E-state index contributed by atoms with van der Waals surface area (Å²) >= 11 is 0. The number of amides is 1. The standard InChI is InChI=1S/C14H14N2O4/c1-16-7-3-4-11(16)13(17)15-9-5-6-10(14(18)19)12(8-9)20-2/h3-8H,1-2H3,(H,15,17)(H,18,19). The number of carbonyl (C=O) groups excluding carboxylic acids is 1. The minimum absolute atomic E-state index is 0.0457. The van der Waals surface area contributed by atoms with Crippen molar-refractivity contribution in [2.45, 2.75) is 0 Å². The van der Waals surface area contributed by atoms with Crippen molar-refractivity contribution in [3.8, 4) is 5.75 Å². The van der Waals surface area contributed by atoms with Crippen molar-refractivity contribution >= 4 is 17.6 Å². The molecule has 0 bridgehead atoms. The van der Waals surface area contributed by atoms with Crippen LogP contribution < -0.4 is 10.1 Å². The molecular formula is C14H14N2O4. The number of aromatic carboxylic acids is 1.